The normalized spacial score (nSPS) is 17.2. The van der Waals surface area contributed by atoms with Crippen LogP contribution in [0.25, 0.3) is 0 Å². The van der Waals surface area contributed by atoms with Crippen LogP contribution in [0.3, 0.4) is 0 Å². The summed E-state index contributed by atoms with van der Waals surface area (Å²) in [6.07, 6.45) is 0.183. The van der Waals surface area contributed by atoms with Crippen molar-refractivity contribution in [2.24, 2.45) is 0 Å². The summed E-state index contributed by atoms with van der Waals surface area (Å²) in [6.45, 7) is -0.165. The van der Waals surface area contributed by atoms with Crippen LogP contribution in [0.4, 0.5) is 10.5 Å². The number of hydrogen-bond donors (Lipinski definition) is 3. The van der Waals surface area contributed by atoms with Crippen molar-refractivity contribution >= 4 is 35.2 Å². The van der Waals surface area contributed by atoms with Gasteiger partial charge in [0.15, 0.2) is 0 Å². The maximum atomic E-state index is 12.2. The van der Waals surface area contributed by atoms with Crippen molar-refractivity contribution in [1.29, 1.82) is 0 Å². The van der Waals surface area contributed by atoms with Gasteiger partial charge in [0.25, 0.3) is 0 Å². The largest absolute Gasteiger partial charge is 0.480 e. The number of carboxylic acids is 1. The molecule has 1 aliphatic heterocycles. The van der Waals surface area contributed by atoms with Crippen LogP contribution in [0, 0.1) is 0 Å². The maximum absolute atomic E-state index is 12.2. The van der Waals surface area contributed by atoms with Crippen LogP contribution in [0.2, 0.25) is 5.02 Å². The number of nitrogens with zero attached hydrogens (tertiary/aromatic N) is 1. The van der Waals surface area contributed by atoms with Crippen LogP contribution in [-0.2, 0) is 9.59 Å². The first kappa shape index (κ1) is 15.1. The van der Waals surface area contributed by atoms with Gasteiger partial charge in [-0.3, -0.25) is 14.5 Å². The van der Waals surface area contributed by atoms with Gasteiger partial charge in [0.05, 0.1) is 6.04 Å². The molecule has 1 heterocycles. The number of carbonyl (C=O) groups is 3. The molecule has 21 heavy (non-hydrogen) atoms. The Hall–Kier alpha value is -2.28. The number of rotatable bonds is 4. The van der Waals surface area contributed by atoms with Crippen LogP contribution in [0.1, 0.15) is 6.42 Å². The lowest BCUT2D eigenvalue weighted by molar-refractivity contribution is -0.135. The van der Waals surface area contributed by atoms with Gasteiger partial charge in [0, 0.05) is 23.7 Å². The highest BCUT2D eigenvalue weighted by Gasteiger charge is 2.26. The molecule has 3 N–H and O–H groups in total. The average Bonchev–Trinajstić information content (AvgIpc) is 2.81. The summed E-state index contributed by atoms with van der Waals surface area (Å²) >= 11 is 5.86. The SMILES string of the molecule is O=C(O)CN(C(=O)NC1CNC(=O)C1)c1cccc(Cl)c1. The summed E-state index contributed by atoms with van der Waals surface area (Å²) in [7, 11) is 0. The molecule has 7 nitrogen and oxygen atoms in total. The molecule has 0 aromatic heterocycles. The highest BCUT2D eigenvalue weighted by molar-refractivity contribution is 6.30. The van der Waals surface area contributed by atoms with Crippen molar-refractivity contribution in [2.75, 3.05) is 18.0 Å². The molecular formula is C13H14ClN3O4. The first-order valence-corrected chi connectivity index (χ1v) is 6.65. The fraction of sp³-hybridized carbons (Fsp3) is 0.308. The van der Waals surface area contributed by atoms with Gasteiger partial charge in [0.1, 0.15) is 6.54 Å². The Bertz CT molecular complexity index is 578. The molecule has 1 saturated heterocycles. The zero-order valence-corrected chi connectivity index (χ0v) is 11.8. The van der Waals surface area contributed by atoms with Crippen LogP contribution >= 0.6 is 11.6 Å². The summed E-state index contributed by atoms with van der Waals surface area (Å²) in [5, 5.41) is 14.6. The zero-order valence-electron chi connectivity index (χ0n) is 11.0. The number of benzene rings is 1. The molecular weight excluding hydrogens is 298 g/mol. The second-order valence-electron chi connectivity index (χ2n) is 4.61. The van der Waals surface area contributed by atoms with Crippen molar-refractivity contribution in [2.45, 2.75) is 12.5 Å². The van der Waals surface area contributed by atoms with E-state index < -0.39 is 18.5 Å². The Morgan fingerprint density at radius 2 is 2.24 bits per heavy atom. The van der Waals surface area contributed by atoms with Crippen LogP contribution in [0.5, 0.6) is 0 Å². The number of amides is 3. The Labute approximate surface area is 125 Å². The molecule has 0 spiro atoms. The van der Waals surface area contributed by atoms with Gasteiger partial charge in [0.2, 0.25) is 5.91 Å². The van der Waals surface area contributed by atoms with E-state index >= 15 is 0 Å². The van der Waals surface area contributed by atoms with Crippen molar-refractivity contribution in [3.63, 3.8) is 0 Å². The Morgan fingerprint density at radius 1 is 1.48 bits per heavy atom. The maximum Gasteiger partial charge on any atom is 0.323 e. The summed E-state index contributed by atoms with van der Waals surface area (Å²) in [4.78, 5) is 35.3. The second kappa shape index (κ2) is 6.45. The van der Waals surface area contributed by atoms with Gasteiger partial charge in [-0.05, 0) is 18.2 Å². The van der Waals surface area contributed by atoms with E-state index in [1.165, 1.54) is 6.07 Å². The first-order chi connectivity index (χ1) is 9.95. The minimum absolute atomic E-state index is 0.146. The molecule has 3 amide bonds. The van der Waals surface area contributed by atoms with Gasteiger partial charge in [-0.1, -0.05) is 17.7 Å². The third kappa shape index (κ3) is 4.09. The lowest BCUT2D eigenvalue weighted by Crippen LogP contribution is -2.47. The van der Waals surface area contributed by atoms with E-state index in [1.807, 2.05) is 0 Å². The standard InChI is InChI=1S/C13H14ClN3O4/c14-8-2-1-3-10(4-8)17(7-12(19)20)13(21)16-9-5-11(18)15-6-9/h1-4,9H,5-7H2,(H,15,18)(H,16,21)(H,19,20). The second-order valence-corrected chi connectivity index (χ2v) is 5.05. The minimum atomic E-state index is -1.15. The van der Waals surface area contributed by atoms with Crippen molar-refractivity contribution in [1.82, 2.24) is 10.6 Å². The van der Waals surface area contributed by atoms with Crippen molar-refractivity contribution in [3.05, 3.63) is 29.3 Å². The molecule has 8 heteroatoms. The molecule has 1 aromatic carbocycles. The van der Waals surface area contributed by atoms with E-state index in [1.54, 1.807) is 18.2 Å². The molecule has 1 aromatic rings. The van der Waals surface area contributed by atoms with E-state index in [2.05, 4.69) is 10.6 Å². The van der Waals surface area contributed by atoms with E-state index in [0.717, 1.165) is 4.90 Å². The number of aliphatic carboxylic acids is 1. The lowest BCUT2D eigenvalue weighted by Gasteiger charge is -2.23. The van der Waals surface area contributed by atoms with Gasteiger partial charge >= 0.3 is 12.0 Å². The molecule has 112 valence electrons. The molecule has 0 saturated carbocycles. The molecule has 0 bridgehead atoms. The van der Waals surface area contributed by atoms with Crippen LogP contribution in [0.15, 0.2) is 24.3 Å². The molecule has 1 atom stereocenters. The van der Waals surface area contributed by atoms with Gasteiger partial charge in [-0.2, -0.15) is 0 Å². The van der Waals surface area contributed by atoms with Gasteiger partial charge in [-0.15, -0.1) is 0 Å². The number of urea groups is 1. The number of carbonyl (C=O) groups excluding carboxylic acids is 2. The monoisotopic (exact) mass is 311 g/mol. The van der Waals surface area contributed by atoms with Crippen LogP contribution in [-0.4, -0.2) is 42.1 Å². The lowest BCUT2D eigenvalue weighted by atomic mass is 10.2. The zero-order chi connectivity index (χ0) is 15.4. The highest BCUT2D eigenvalue weighted by Crippen LogP contribution is 2.19. The smallest absolute Gasteiger partial charge is 0.323 e. The van der Waals surface area contributed by atoms with Crippen molar-refractivity contribution in [3.8, 4) is 0 Å². The number of nitrogens with one attached hydrogen (secondary N) is 2. The number of hydrogen-bond acceptors (Lipinski definition) is 3. The number of anilines is 1. The van der Waals surface area contributed by atoms with Gasteiger partial charge in [-0.25, -0.2) is 4.79 Å². The van der Waals surface area contributed by atoms with Crippen molar-refractivity contribution < 1.29 is 19.5 Å². The fourth-order valence-corrected chi connectivity index (χ4v) is 2.20. The van der Waals surface area contributed by atoms with E-state index in [4.69, 9.17) is 16.7 Å². The quantitative estimate of drug-likeness (QED) is 0.767. The minimum Gasteiger partial charge on any atom is -0.480 e. The summed E-state index contributed by atoms with van der Waals surface area (Å²) in [5.74, 6) is -1.29. The molecule has 0 aliphatic carbocycles. The van der Waals surface area contributed by atoms with E-state index in [9.17, 15) is 14.4 Å². The third-order valence-corrected chi connectivity index (χ3v) is 3.20. The molecule has 1 aliphatic rings. The summed E-state index contributed by atoms with van der Waals surface area (Å²) in [6, 6.07) is 5.41. The van der Waals surface area contributed by atoms with Gasteiger partial charge < -0.3 is 15.7 Å². The Kier molecular flexibility index (Phi) is 4.64. The predicted molar refractivity (Wildman–Crippen MR) is 76.4 cm³/mol. The fourth-order valence-electron chi connectivity index (χ4n) is 2.02. The Morgan fingerprint density at radius 3 is 2.81 bits per heavy atom. The molecule has 0 radical (unpaired) electrons. The Balaban J connectivity index is 2.13. The topological polar surface area (TPSA) is 98.7 Å². The third-order valence-electron chi connectivity index (χ3n) is 2.96. The average molecular weight is 312 g/mol. The predicted octanol–water partition coefficient (Wildman–Crippen LogP) is 0.829. The van der Waals surface area contributed by atoms with E-state index in [-0.39, 0.29) is 18.4 Å². The first-order valence-electron chi connectivity index (χ1n) is 6.28. The summed E-state index contributed by atoms with van der Waals surface area (Å²) < 4.78 is 0. The number of carboxylic acid groups (broad SMARTS) is 1. The molecule has 1 fully saturated rings. The van der Waals surface area contributed by atoms with Crippen LogP contribution < -0.4 is 15.5 Å². The summed E-state index contributed by atoms with van der Waals surface area (Å²) in [5.41, 5.74) is 0.375. The molecule has 1 unspecified atom stereocenters. The van der Waals surface area contributed by atoms with E-state index in [0.29, 0.717) is 17.3 Å². The molecule has 2 rings (SSSR count). The highest BCUT2D eigenvalue weighted by atomic mass is 35.5. The number of halogens is 1.